The number of rotatable bonds is 7. The first-order valence-electron chi connectivity index (χ1n) is 9.05. The van der Waals surface area contributed by atoms with Crippen LogP contribution < -0.4 is 10.6 Å². The second-order valence-corrected chi connectivity index (χ2v) is 8.39. The lowest BCUT2D eigenvalue weighted by Gasteiger charge is -2.18. The van der Waals surface area contributed by atoms with Gasteiger partial charge in [0.2, 0.25) is 11.7 Å². The molecule has 2 aromatic rings. The van der Waals surface area contributed by atoms with Crippen LogP contribution in [-0.2, 0) is 14.3 Å². The molecule has 2 amide bonds. The number of ketones is 1. The van der Waals surface area contributed by atoms with E-state index in [4.69, 9.17) is 4.74 Å². The maximum atomic E-state index is 12.4. The van der Waals surface area contributed by atoms with Crippen molar-refractivity contribution in [2.45, 2.75) is 33.8 Å². The minimum absolute atomic E-state index is 0.136. The summed E-state index contributed by atoms with van der Waals surface area (Å²) in [5.41, 5.74) is 0.389. The molecule has 1 aromatic carbocycles. The van der Waals surface area contributed by atoms with E-state index in [1.807, 2.05) is 0 Å². The van der Waals surface area contributed by atoms with E-state index in [9.17, 15) is 19.2 Å². The van der Waals surface area contributed by atoms with E-state index in [2.05, 4.69) is 10.6 Å². The van der Waals surface area contributed by atoms with Crippen LogP contribution in [0.2, 0.25) is 0 Å². The van der Waals surface area contributed by atoms with Gasteiger partial charge in [-0.05, 0) is 42.6 Å². The topological polar surface area (TPSA) is 102 Å². The van der Waals surface area contributed by atoms with Gasteiger partial charge < -0.3 is 15.4 Å². The van der Waals surface area contributed by atoms with Crippen molar-refractivity contribution in [3.05, 3.63) is 52.2 Å². The summed E-state index contributed by atoms with van der Waals surface area (Å²) in [6.45, 7) is 6.56. The normalized spacial score (nSPS) is 12.0. The lowest BCUT2D eigenvalue weighted by molar-refractivity contribution is -0.145. The van der Waals surface area contributed by atoms with Crippen LogP contribution in [0.15, 0.2) is 41.8 Å². The summed E-state index contributed by atoms with van der Waals surface area (Å²) in [5.74, 6) is -1.59. The van der Waals surface area contributed by atoms with Crippen LogP contribution in [-0.4, -0.2) is 36.2 Å². The maximum absolute atomic E-state index is 12.4. The van der Waals surface area contributed by atoms with Crippen LogP contribution >= 0.6 is 11.3 Å². The van der Waals surface area contributed by atoms with Gasteiger partial charge in [-0.1, -0.05) is 26.8 Å². The average molecular weight is 416 g/mol. The van der Waals surface area contributed by atoms with Gasteiger partial charge in [-0.3, -0.25) is 19.2 Å². The molecule has 7 nitrogen and oxygen atoms in total. The summed E-state index contributed by atoms with van der Waals surface area (Å²) >= 11 is 1.26. The van der Waals surface area contributed by atoms with Crippen LogP contribution in [0.3, 0.4) is 0 Å². The number of thiophene rings is 1. The van der Waals surface area contributed by atoms with E-state index in [1.54, 1.807) is 62.5 Å². The van der Waals surface area contributed by atoms with Crippen molar-refractivity contribution in [3.8, 4) is 0 Å². The van der Waals surface area contributed by atoms with Gasteiger partial charge in [0.1, 0.15) is 6.54 Å². The van der Waals surface area contributed by atoms with E-state index in [1.165, 1.54) is 18.3 Å². The fourth-order valence-corrected chi connectivity index (χ4v) is 2.85. The predicted molar refractivity (Wildman–Crippen MR) is 111 cm³/mol. The number of benzene rings is 1. The minimum atomic E-state index is -1.00. The number of amides is 2. The van der Waals surface area contributed by atoms with E-state index in [0.717, 1.165) is 0 Å². The first-order chi connectivity index (χ1) is 13.6. The van der Waals surface area contributed by atoms with Gasteiger partial charge in [-0.25, -0.2) is 0 Å². The fourth-order valence-electron chi connectivity index (χ4n) is 2.21. The third-order valence-corrected chi connectivity index (χ3v) is 4.79. The molecule has 154 valence electrons. The highest BCUT2D eigenvalue weighted by atomic mass is 32.1. The number of hydrogen-bond acceptors (Lipinski definition) is 6. The number of Topliss-reactive ketones (excluding diaryl/α,β-unsaturated/α-hetero) is 1. The van der Waals surface area contributed by atoms with Crippen molar-refractivity contribution in [1.82, 2.24) is 5.32 Å². The highest BCUT2D eigenvalue weighted by Gasteiger charge is 2.22. The zero-order valence-electron chi connectivity index (χ0n) is 16.8. The third-order valence-electron chi connectivity index (χ3n) is 3.92. The van der Waals surface area contributed by atoms with Crippen molar-refractivity contribution in [2.24, 2.45) is 5.41 Å². The Morgan fingerprint density at radius 1 is 1.07 bits per heavy atom. The molecule has 0 bridgehead atoms. The molecule has 0 radical (unpaired) electrons. The Bertz CT molecular complexity index is 883. The van der Waals surface area contributed by atoms with Crippen molar-refractivity contribution in [1.29, 1.82) is 0 Å². The molecule has 1 aromatic heterocycles. The second-order valence-electron chi connectivity index (χ2n) is 7.44. The molecule has 2 N–H and O–H groups in total. The highest BCUT2D eigenvalue weighted by molar-refractivity contribution is 7.12. The summed E-state index contributed by atoms with van der Waals surface area (Å²) in [6.07, 6.45) is -1.00. The summed E-state index contributed by atoms with van der Waals surface area (Å²) in [7, 11) is 0. The average Bonchev–Trinajstić information content (AvgIpc) is 3.20. The number of carbonyl (C=O) groups excluding carboxylic acids is 4. The number of nitrogens with one attached hydrogen (secondary N) is 2. The highest BCUT2D eigenvalue weighted by Crippen LogP contribution is 2.18. The molecule has 0 saturated carbocycles. The number of ether oxygens (including phenoxy) is 1. The Labute approximate surface area is 173 Å². The summed E-state index contributed by atoms with van der Waals surface area (Å²) in [5, 5.41) is 6.98. The standard InChI is InChI=1S/C21H24N2O5S/c1-13(28-17(24)12-22-19(26)16-6-5-11-29-16)18(25)14-7-9-15(10-8-14)23-20(27)21(2,3)4/h5-11,13H,12H2,1-4H3,(H,22,26)(H,23,27)/t13-/m0/s1. The zero-order chi connectivity index (χ0) is 21.6. The molecular formula is C21H24N2O5S. The van der Waals surface area contributed by atoms with E-state index >= 15 is 0 Å². The van der Waals surface area contributed by atoms with Crippen LogP contribution in [0.5, 0.6) is 0 Å². The van der Waals surface area contributed by atoms with E-state index < -0.39 is 17.5 Å². The lowest BCUT2D eigenvalue weighted by Crippen LogP contribution is -2.33. The number of anilines is 1. The minimum Gasteiger partial charge on any atom is -0.453 e. The van der Waals surface area contributed by atoms with Gasteiger partial charge in [0.05, 0.1) is 4.88 Å². The Morgan fingerprint density at radius 2 is 1.72 bits per heavy atom. The van der Waals surface area contributed by atoms with Gasteiger partial charge >= 0.3 is 5.97 Å². The zero-order valence-corrected chi connectivity index (χ0v) is 17.6. The number of esters is 1. The molecule has 0 saturated heterocycles. The number of hydrogen-bond donors (Lipinski definition) is 2. The summed E-state index contributed by atoms with van der Waals surface area (Å²) < 4.78 is 5.10. The Kier molecular flexibility index (Phi) is 7.28. The Hall–Kier alpha value is -3.00. The molecule has 0 spiro atoms. The molecule has 8 heteroatoms. The molecule has 1 heterocycles. The largest absolute Gasteiger partial charge is 0.453 e. The molecule has 1 atom stereocenters. The van der Waals surface area contributed by atoms with Crippen molar-refractivity contribution in [2.75, 3.05) is 11.9 Å². The molecule has 0 aliphatic rings. The van der Waals surface area contributed by atoms with Crippen LogP contribution in [0.25, 0.3) is 0 Å². The Morgan fingerprint density at radius 3 is 2.28 bits per heavy atom. The van der Waals surface area contributed by atoms with Crippen molar-refractivity contribution < 1.29 is 23.9 Å². The Balaban J connectivity index is 1.86. The summed E-state index contributed by atoms with van der Waals surface area (Å²) in [4.78, 5) is 48.7. The molecule has 29 heavy (non-hydrogen) atoms. The van der Waals surface area contributed by atoms with Crippen LogP contribution in [0.1, 0.15) is 47.7 Å². The SMILES string of the molecule is C[C@H](OC(=O)CNC(=O)c1cccs1)C(=O)c1ccc(NC(=O)C(C)(C)C)cc1. The molecule has 0 aliphatic heterocycles. The molecule has 2 rings (SSSR count). The van der Waals surface area contributed by atoms with Gasteiger partial charge in [-0.15, -0.1) is 11.3 Å². The van der Waals surface area contributed by atoms with Crippen molar-refractivity contribution in [3.63, 3.8) is 0 Å². The smallest absolute Gasteiger partial charge is 0.326 e. The monoisotopic (exact) mass is 416 g/mol. The van der Waals surface area contributed by atoms with Gasteiger partial charge in [0.25, 0.3) is 5.91 Å². The first-order valence-corrected chi connectivity index (χ1v) is 9.93. The molecule has 0 aliphatic carbocycles. The third kappa shape index (κ3) is 6.53. The maximum Gasteiger partial charge on any atom is 0.326 e. The molecule has 0 unspecified atom stereocenters. The summed E-state index contributed by atoms with van der Waals surface area (Å²) in [6, 6.07) is 9.73. The molecular weight excluding hydrogens is 392 g/mol. The van der Waals surface area contributed by atoms with Gasteiger partial charge in [-0.2, -0.15) is 0 Å². The fraction of sp³-hybridized carbons (Fsp3) is 0.333. The van der Waals surface area contributed by atoms with E-state index in [0.29, 0.717) is 16.1 Å². The van der Waals surface area contributed by atoms with Crippen LogP contribution in [0, 0.1) is 5.41 Å². The van der Waals surface area contributed by atoms with Gasteiger partial charge in [0.15, 0.2) is 6.10 Å². The van der Waals surface area contributed by atoms with Crippen LogP contribution in [0.4, 0.5) is 5.69 Å². The predicted octanol–water partition coefficient (Wildman–Crippen LogP) is 3.28. The van der Waals surface area contributed by atoms with Crippen molar-refractivity contribution >= 4 is 40.6 Å². The first kappa shape index (κ1) is 22.3. The molecule has 0 fully saturated rings. The quantitative estimate of drug-likeness (QED) is 0.533. The van der Waals surface area contributed by atoms with E-state index in [-0.39, 0.29) is 24.1 Å². The second kappa shape index (κ2) is 9.47. The van der Waals surface area contributed by atoms with Gasteiger partial charge in [0, 0.05) is 16.7 Å². The number of carbonyl (C=O) groups is 4. The lowest BCUT2D eigenvalue weighted by atomic mass is 9.95.